The molecule has 0 saturated heterocycles. The normalized spacial score (nSPS) is 14.2. The number of carbonyl (C=O) groups is 2. The first-order chi connectivity index (χ1) is 7.47. The fourth-order valence-corrected chi connectivity index (χ4v) is 1.14. The van der Waals surface area contributed by atoms with Crippen LogP contribution in [0.1, 0.15) is 33.1 Å². The smallest absolute Gasteiger partial charge is 0.306 e. The van der Waals surface area contributed by atoms with Crippen LogP contribution in [-0.4, -0.2) is 30.1 Å². The van der Waals surface area contributed by atoms with E-state index in [2.05, 4.69) is 5.32 Å². The van der Waals surface area contributed by atoms with Gasteiger partial charge < -0.3 is 16.2 Å². The molecule has 0 saturated carbocycles. The van der Waals surface area contributed by atoms with Crippen LogP contribution in [0.3, 0.4) is 0 Å². The number of hydrogen-bond donors (Lipinski definition) is 3. The first kappa shape index (κ1) is 14.9. The summed E-state index contributed by atoms with van der Waals surface area (Å²) in [4.78, 5) is 21.8. The van der Waals surface area contributed by atoms with Crippen molar-refractivity contribution < 1.29 is 14.7 Å². The van der Waals surface area contributed by atoms with Crippen LogP contribution in [0.15, 0.2) is 0 Å². The minimum Gasteiger partial charge on any atom is -0.481 e. The number of nitrogens with two attached hydrogens (primary N) is 1. The summed E-state index contributed by atoms with van der Waals surface area (Å²) < 4.78 is 0. The molecule has 0 rings (SSSR count). The van der Waals surface area contributed by atoms with E-state index >= 15 is 0 Å². The predicted molar refractivity (Wildman–Crippen MR) is 61.9 cm³/mol. The van der Waals surface area contributed by atoms with E-state index in [0.29, 0.717) is 31.8 Å². The van der Waals surface area contributed by atoms with E-state index in [0.717, 1.165) is 6.42 Å². The summed E-state index contributed by atoms with van der Waals surface area (Å²) in [5.41, 5.74) is 5.43. The number of carbonyl (C=O) groups excluding carboxylic acids is 1. The Balaban J connectivity index is 3.55. The molecule has 16 heavy (non-hydrogen) atoms. The molecule has 0 bridgehead atoms. The van der Waals surface area contributed by atoms with Crippen molar-refractivity contribution in [2.45, 2.75) is 33.1 Å². The van der Waals surface area contributed by atoms with E-state index in [1.165, 1.54) is 0 Å². The van der Waals surface area contributed by atoms with Crippen molar-refractivity contribution in [3.63, 3.8) is 0 Å². The van der Waals surface area contributed by atoms with Crippen LogP contribution in [0.5, 0.6) is 0 Å². The topological polar surface area (TPSA) is 92.4 Å². The van der Waals surface area contributed by atoms with Crippen LogP contribution >= 0.6 is 0 Å². The Morgan fingerprint density at radius 3 is 2.44 bits per heavy atom. The highest BCUT2D eigenvalue weighted by Gasteiger charge is 2.11. The Morgan fingerprint density at radius 1 is 1.31 bits per heavy atom. The highest BCUT2D eigenvalue weighted by molar-refractivity contribution is 5.76. The van der Waals surface area contributed by atoms with Crippen LogP contribution in [0, 0.1) is 11.8 Å². The van der Waals surface area contributed by atoms with Gasteiger partial charge in [0.15, 0.2) is 0 Å². The zero-order chi connectivity index (χ0) is 12.6. The Labute approximate surface area is 96.4 Å². The fourth-order valence-electron chi connectivity index (χ4n) is 1.14. The maximum atomic E-state index is 11.3. The van der Waals surface area contributed by atoms with Gasteiger partial charge in [-0.2, -0.15) is 0 Å². The van der Waals surface area contributed by atoms with E-state index in [-0.39, 0.29) is 5.91 Å². The van der Waals surface area contributed by atoms with E-state index in [4.69, 9.17) is 10.8 Å². The summed E-state index contributed by atoms with van der Waals surface area (Å²) in [5.74, 6) is -0.921. The lowest BCUT2D eigenvalue weighted by Crippen LogP contribution is -2.27. The van der Waals surface area contributed by atoms with Crippen molar-refractivity contribution in [1.29, 1.82) is 0 Å². The zero-order valence-corrected chi connectivity index (χ0v) is 10.0. The van der Waals surface area contributed by atoms with Crippen molar-refractivity contribution in [3.05, 3.63) is 0 Å². The highest BCUT2D eigenvalue weighted by Crippen LogP contribution is 2.03. The Kier molecular flexibility index (Phi) is 7.54. The third-order valence-electron chi connectivity index (χ3n) is 2.59. The zero-order valence-electron chi connectivity index (χ0n) is 10.0. The van der Waals surface area contributed by atoms with Gasteiger partial charge in [-0.15, -0.1) is 0 Å². The van der Waals surface area contributed by atoms with E-state index in [1.54, 1.807) is 6.92 Å². The summed E-state index contributed by atoms with van der Waals surface area (Å²) in [7, 11) is 0. The van der Waals surface area contributed by atoms with Gasteiger partial charge in [0.2, 0.25) is 5.91 Å². The maximum Gasteiger partial charge on any atom is 0.306 e. The lowest BCUT2D eigenvalue weighted by atomic mass is 10.1. The minimum absolute atomic E-state index is 0.0297. The van der Waals surface area contributed by atoms with Crippen LogP contribution in [0.2, 0.25) is 0 Å². The second kappa shape index (κ2) is 8.10. The first-order valence-electron chi connectivity index (χ1n) is 5.67. The molecule has 4 N–H and O–H groups in total. The molecule has 5 heteroatoms. The molecule has 2 atom stereocenters. The quantitative estimate of drug-likeness (QED) is 0.569. The molecular weight excluding hydrogens is 208 g/mol. The molecule has 0 heterocycles. The molecule has 2 unspecified atom stereocenters. The van der Waals surface area contributed by atoms with Gasteiger partial charge in [0.1, 0.15) is 0 Å². The molecular formula is C11H22N2O3. The summed E-state index contributed by atoms with van der Waals surface area (Å²) >= 11 is 0. The largest absolute Gasteiger partial charge is 0.481 e. The van der Waals surface area contributed by atoms with Crippen molar-refractivity contribution in [2.24, 2.45) is 17.6 Å². The van der Waals surface area contributed by atoms with Gasteiger partial charge in [0, 0.05) is 13.0 Å². The van der Waals surface area contributed by atoms with Crippen molar-refractivity contribution >= 4 is 11.9 Å². The highest BCUT2D eigenvalue weighted by atomic mass is 16.4. The van der Waals surface area contributed by atoms with Gasteiger partial charge in [0.05, 0.1) is 5.92 Å². The molecule has 0 aromatic heterocycles. The SMILES string of the molecule is CC(CN)CCC(=O)NCCC(C)C(=O)O. The summed E-state index contributed by atoms with van der Waals surface area (Å²) in [6.45, 7) is 4.64. The maximum absolute atomic E-state index is 11.3. The molecule has 0 radical (unpaired) electrons. The molecule has 0 aliphatic carbocycles. The molecule has 0 aliphatic heterocycles. The van der Waals surface area contributed by atoms with Crippen LogP contribution in [0.4, 0.5) is 0 Å². The van der Waals surface area contributed by atoms with Gasteiger partial charge in [-0.1, -0.05) is 13.8 Å². The lowest BCUT2D eigenvalue weighted by Gasteiger charge is -2.09. The van der Waals surface area contributed by atoms with Crippen LogP contribution in [-0.2, 0) is 9.59 Å². The van der Waals surface area contributed by atoms with Crippen molar-refractivity contribution in [2.75, 3.05) is 13.1 Å². The molecule has 0 aromatic rings. The minimum atomic E-state index is -0.828. The molecule has 0 aromatic carbocycles. The molecule has 0 fully saturated rings. The standard InChI is InChI=1S/C11H22N2O3/c1-8(7-12)3-4-10(14)13-6-5-9(2)11(15)16/h8-9H,3-7,12H2,1-2H3,(H,13,14)(H,15,16). The average Bonchev–Trinajstić information content (AvgIpc) is 2.25. The summed E-state index contributed by atoms with van der Waals surface area (Å²) in [5, 5.41) is 11.3. The lowest BCUT2D eigenvalue weighted by molar-refractivity contribution is -0.141. The third-order valence-corrected chi connectivity index (χ3v) is 2.59. The first-order valence-corrected chi connectivity index (χ1v) is 5.67. The number of carboxylic acid groups (broad SMARTS) is 1. The van der Waals surface area contributed by atoms with Crippen LogP contribution in [0.25, 0.3) is 0 Å². The second-order valence-electron chi connectivity index (χ2n) is 4.26. The van der Waals surface area contributed by atoms with Gasteiger partial charge in [0.25, 0.3) is 0 Å². The molecule has 1 amide bonds. The number of nitrogens with one attached hydrogen (secondary N) is 1. The van der Waals surface area contributed by atoms with Crippen LogP contribution < -0.4 is 11.1 Å². The second-order valence-corrected chi connectivity index (χ2v) is 4.26. The van der Waals surface area contributed by atoms with Crippen molar-refractivity contribution in [3.8, 4) is 0 Å². The molecule has 94 valence electrons. The summed E-state index contributed by atoms with van der Waals surface area (Å²) in [6, 6.07) is 0. The van der Waals surface area contributed by atoms with Gasteiger partial charge in [-0.05, 0) is 25.3 Å². The Bertz CT molecular complexity index is 231. The number of aliphatic carboxylic acids is 1. The number of amides is 1. The molecule has 0 aliphatic rings. The van der Waals surface area contributed by atoms with Gasteiger partial charge in [-0.3, -0.25) is 9.59 Å². The average molecular weight is 230 g/mol. The summed E-state index contributed by atoms with van der Waals surface area (Å²) in [6.07, 6.45) is 1.70. The number of carboxylic acids is 1. The molecule has 0 spiro atoms. The van der Waals surface area contributed by atoms with Gasteiger partial charge in [-0.25, -0.2) is 0 Å². The monoisotopic (exact) mass is 230 g/mol. The Hall–Kier alpha value is -1.10. The Morgan fingerprint density at radius 2 is 1.94 bits per heavy atom. The predicted octanol–water partition coefficient (Wildman–Crippen LogP) is 0.588. The van der Waals surface area contributed by atoms with Gasteiger partial charge >= 0.3 is 5.97 Å². The third kappa shape index (κ3) is 7.23. The van der Waals surface area contributed by atoms with E-state index in [9.17, 15) is 9.59 Å². The van der Waals surface area contributed by atoms with E-state index in [1.807, 2.05) is 6.92 Å². The number of rotatable bonds is 8. The fraction of sp³-hybridized carbons (Fsp3) is 0.818. The van der Waals surface area contributed by atoms with Crippen molar-refractivity contribution in [1.82, 2.24) is 5.32 Å². The van der Waals surface area contributed by atoms with E-state index < -0.39 is 11.9 Å². The molecule has 5 nitrogen and oxygen atoms in total. The number of hydrogen-bond acceptors (Lipinski definition) is 3.